The molecule has 0 saturated heterocycles. The molecule has 4 N–H and O–H groups in total. The SMILES string of the molecule is CCOC(=O)c1ccc(NC(=O)CCNc2ncnc(Cl)c2N)cc1. The maximum atomic E-state index is 11.9. The lowest BCUT2D eigenvalue weighted by atomic mass is 10.2. The summed E-state index contributed by atoms with van der Waals surface area (Å²) >= 11 is 5.79. The summed E-state index contributed by atoms with van der Waals surface area (Å²) in [5.41, 5.74) is 6.97. The number of ether oxygens (including phenoxy) is 1. The molecule has 2 rings (SSSR count). The van der Waals surface area contributed by atoms with Gasteiger partial charge in [-0.05, 0) is 31.2 Å². The predicted molar refractivity (Wildman–Crippen MR) is 95.6 cm³/mol. The minimum absolute atomic E-state index is 0.156. The molecule has 2 aromatic rings. The number of carbonyl (C=O) groups excluding carboxylic acids is 2. The van der Waals surface area contributed by atoms with Crippen molar-refractivity contribution in [3.63, 3.8) is 0 Å². The number of rotatable bonds is 7. The third kappa shape index (κ3) is 5.32. The summed E-state index contributed by atoms with van der Waals surface area (Å²) in [6.45, 7) is 2.38. The number of nitrogens with zero attached hydrogens (tertiary/aromatic N) is 2. The highest BCUT2D eigenvalue weighted by atomic mass is 35.5. The number of anilines is 3. The van der Waals surface area contributed by atoms with Gasteiger partial charge in [0.05, 0.1) is 12.2 Å². The Morgan fingerprint density at radius 2 is 1.96 bits per heavy atom. The highest BCUT2D eigenvalue weighted by molar-refractivity contribution is 6.32. The molecule has 0 fully saturated rings. The van der Waals surface area contributed by atoms with Gasteiger partial charge in [0, 0.05) is 18.7 Å². The van der Waals surface area contributed by atoms with Gasteiger partial charge in [0.25, 0.3) is 0 Å². The Morgan fingerprint density at radius 3 is 2.64 bits per heavy atom. The summed E-state index contributed by atoms with van der Waals surface area (Å²) in [6.07, 6.45) is 1.48. The van der Waals surface area contributed by atoms with Crippen LogP contribution < -0.4 is 16.4 Å². The first-order chi connectivity index (χ1) is 12.0. The first-order valence-electron chi connectivity index (χ1n) is 7.58. The highest BCUT2D eigenvalue weighted by Gasteiger charge is 2.08. The molecular formula is C16H18ClN5O3. The zero-order valence-electron chi connectivity index (χ0n) is 13.6. The van der Waals surface area contributed by atoms with E-state index < -0.39 is 5.97 Å². The van der Waals surface area contributed by atoms with Gasteiger partial charge in [-0.1, -0.05) is 11.6 Å². The van der Waals surface area contributed by atoms with Crippen LogP contribution in [0, 0.1) is 0 Å². The fourth-order valence-electron chi connectivity index (χ4n) is 1.94. The summed E-state index contributed by atoms with van der Waals surface area (Å²) in [5.74, 6) is -0.215. The number of hydrogen-bond donors (Lipinski definition) is 3. The van der Waals surface area contributed by atoms with E-state index in [1.54, 1.807) is 31.2 Å². The molecule has 132 valence electrons. The van der Waals surface area contributed by atoms with Gasteiger partial charge in [-0.3, -0.25) is 4.79 Å². The van der Waals surface area contributed by atoms with Crippen LogP contribution in [0.4, 0.5) is 17.2 Å². The summed E-state index contributed by atoms with van der Waals surface area (Å²) in [4.78, 5) is 31.2. The van der Waals surface area contributed by atoms with E-state index in [4.69, 9.17) is 22.1 Å². The van der Waals surface area contributed by atoms with E-state index in [1.807, 2.05) is 0 Å². The second-order valence-electron chi connectivity index (χ2n) is 4.95. The van der Waals surface area contributed by atoms with Crippen LogP contribution in [-0.4, -0.2) is 35.0 Å². The number of esters is 1. The molecule has 0 aliphatic carbocycles. The van der Waals surface area contributed by atoms with E-state index >= 15 is 0 Å². The smallest absolute Gasteiger partial charge is 0.338 e. The summed E-state index contributed by atoms with van der Waals surface area (Å²) in [6, 6.07) is 6.46. The van der Waals surface area contributed by atoms with Crippen LogP contribution in [0.25, 0.3) is 0 Å². The van der Waals surface area contributed by atoms with Crippen LogP contribution in [0.5, 0.6) is 0 Å². The Hall–Kier alpha value is -2.87. The Balaban J connectivity index is 1.82. The monoisotopic (exact) mass is 363 g/mol. The average Bonchev–Trinajstić information content (AvgIpc) is 2.59. The number of nitrogens with two attached hydrogens (primary N) is 1. The minimum atomic E-state index is -0.398. The highest BCUT2D eigenvalue weighted by Crippen LogP contribution is 2.21. The maximum Gasteiger partial charge on any atom is 0.338 e. The van der Waals surface area contributed by atoms with Crippen LogP contribution in [0.3, 0.4) is 0 Å². The van der Waals surface area contributed by atoms with E-state index in [9.17, 15) is 9.59 Å². The lowest BCUT2D eigenvalue weighted by Gasteiger charge is -2.09. The van der Waals surface area contributed by atoms with E-state index in [1.165, 1.54) is 6.33 Å². The topological polar surface area (TPSA) is 119 Å². The molecule has 0 unspecified atom stereocenters. The maximum absolute atomic E-state index is 11.9. The first-order valence-corrected chi connectivity index (χ1v) is 7.96. The Labute approximate surface area is 149 Å². The quantitative estimate of drug-likeness (QED) is 0.510. The van der Waals surface area contributed by atoms with Crippen molar-refractivity contribution in [1.82, 2.24) is 9.97 Å². The Bertz CT molecular complexity index is 752. The molecule has 0 spiro atoms. The van der Waals surface area contributed by atoms with Gasteiger partial charge in [0.1, 0.15) is 12.0 Å². The lowest BCUT2D eigenvalue weighted by Crippen LogP contribution is -2.17. The minimum Gasteiger partial charge on any atom is -0.462 e. The largest absolute Gasteiger partial charge is 0.462 e. The van der Waals surface area contributed by atoms with Crippen molar-refractivity contribution >= 4 is 40.7 Å². The van der Waals surface area contributed by atoms with Gasteiger partial charge in [-0.25, -0.2) is 14.8 Å². The van der Waals surface area contributed by atoms with Crippen molar-refractivity contribution in [3.05, 3.63) is 41.3 Å². The molecule has 1 aromatic heterocycles. The number of nitrogens with one attached hydrogen (secondary N) is 2. The lowest BCUT2D eigenvalue weighted by molar-refractivity contribution is -0.115. The molecule has 0 radical (unpaired) electrons. The second kappa shape index (κ2) is 8.84. The zero-order valence-corrected chi connectivity index (χ0v) is 14.3. The van der Waals surface area contributed by atoms with E-state index in [0.717, 1.165) is 0 Å². The molecule has 1 heterocycles. The Kier molecular flexibility index (Phi) is 6.53. The molecule has 0 atom stereocenters. The fraction of sp³-hybridized carbons (Fsp3) is 0.250. The van der Waals surface area contributed by atoms with Crippen molar-refractivity contribution in [1.29, 1.82) is 0 Å². The van der Waals surface area contributed by atoms with Gasteiger partial charge < -0.3 is 21.1 Å². The standard InChI is InChI=1S/C16H18ClN5O3/c1-2-25-16(24)10-3-5-11(6-4-10)22-12(23)7-8-19-15-13(18)14(17)20-9-21-15/h3-6,9H,2,7-8,18H2,1H3,(H,22,23)(H,19,20,21). The van der Waals surface area contributed by atoms with Gasteiger partial charge >= 0.3 is 5.97 Å². The van der Waals surface area contributed by atoms with Crippen LogP contribution in [-0.2, 0) is 9.53 Å². The molecule has 25 heavy (non-hydrogen) atoms. The van der Waals surface area contributed by atoms with Gasteiger partial charge in [-0.2, -0.15) is 0 Å². The molecule has 1 aromatic carbocycles. The molecule has 9 heteroatoms. The number of aromatic nitrogens is 2. The van der Waals surface area contributed by atoms with Gasteiger partial charge in [-0.15, -0.1) is 0 Å². The number of nitrogen functional groups attached to an aromatic ring is 1. The summed E-state index contributed by atoms with van der Waals surface area (Å²) in [7, 11) is 0. The molecule has 0 bridgehead atoms. The average molecular weight is 364 g/mol. The van der Waals surface area contributed by atoms with Crippen LogP contribution in [0.2, 0.25) is 5.15 Å². The summed E-state index contributed by atoms with van der Waals surface area (Å²) in [5, 5.41) is 5.81. The van der Waals surface area contributed by atoms with Crippen molar-refractivity contribution in [2.45, 2.75) is 13.3 Å². The fourth-order valence-corrected chi connectivity index (χ4v) is 2.07. The molecular weight excluding hydrogens is 346 g/mol. The third-order valence-corrected chi connectivity index (χ3v) is 3.46. The van der Waals surface area contributed by atoms with Gasteiger partial charge in [0.15, 0.2) is 11.0 Å². The van der Waals surface area contributed by atoms with E-state index in [2.05, 4.69) is 20.6 Å². The molecule has 0 aliphatic heterocycles. The third-order valence-electron chi connectivity index (χ3n) is 3.16. The molecule has 0 aliphatic rings. The predicted octanol–water partition coefficient (Wildman–Crippen LogP) is 2.33. The Morgan fingerprint density at radius 1 is 1.24 bits per heavy atom. The molecule has 0 saturated carbocycles. The zero-order chi connectivity index (χ0) is 18.2. The van der Waals surface area contributed by atoms with Crippen LogP contribution in [0.15, 0.2) is 30.6 Å². The van der Waals surface area contributed by atoms with Crippen molar-refractivity contribution in [2.24, 2.45) is 0 Å². The van der Waals surface area contributed by atoms with Crippen LogP contribution in [0.1, 0.15) is 23.7 Å². The van der Waals surface area contributed by atoms with Crippen molar-refractivity contribution < 1.29 is 14.3 Å². The van der Waals surface area contributed by atoms with Crippen LogP contribution >= 0.6 is 11.6 Å². The number of carbonyl (C=O) groups is 2. The number of halogens is 1. The van der Waals surface area contributed by atoms with Crippen molar-refractivity contribution in [3.8, 4) is 0 Å². The number of benzene rings is 1. The second-order valence-corrected chi connectivity index (χ2v) is 5.31. The van der Waals surface area contributed by atoms with E-state index in [0.29, 0.717) is 30.2 Å². The molecule has 1 amide bonds. The summed E-state index contributed by atoms with van der Waals surface area (Å²) < 4.78 is 4.90. The first kappa shape index (κ1) is 18.5. The number of amides is 1. The van der Waals surface area contributed by atoms with Crippen molar-refractivity contribution in [2.75, 3.05) is 29.5 Å². The normalized spacial score (nSPS) is 10.2. The number of hydrogen-bond acceptors (Lipinski definition) is 7. The van der Waals surface area contributed by atoms with Gasteiger partial charge in [0.2, 0.25) is 5.91 Å². The molecule has 8 nitrogen and oxygen atoms in total. The van der Waals surface area contributed by atoms with E-state index in [-0.39, 0.29) is 23.2 Å².